The highest BCUT2D eigenvalue weighted by Gasteiger charge is 2.35. The smallest absolute Gasteiger partial charge is 0.326 e. The van der Waals surface area contributed by atoms with Gasteiger partial charge in [0.1, 0.15) is 30.2 Å². The Labute approximate surface area is 322 Å². The Morgan fingerprint density at radius 1 is 0.655 bits per heavy atom. The fourth-order valence-electron chi connectivity index (χ4n) is 6.53. The van der Waals surface area contributed by atoms with Crippen LogP contribution in [0.3, 0.4) is 0 Å². The van der Waals surface area contributed by atoms with E-state index in [1.54, 1.807) is 51.1 Å². The van der Waals surface area contributed by atoms with Gasteiger partial charge in [-0.05, 0) is 42.6 Å². The van der Waals surface area contributed by atoms with Crippen molar-refractivity contribution in [3.05, 3.63) is 35.9 Å². The summed E-state index contributed by atoms with van der Waals surface area (Å²) in [5.41, 5.74) is 0.708. The molecule has 5 amide bonds. The summed E-state index contributed by atoms with van der Waals surface area (Å²) in [7, 11) is 0. The number of rotatable bonds is 24. The summed E-state index contributed by atoms with van der Waals surface area (Å²) in [6.45, 7) is 7.17. The minimum Gasteiger partial charge on any atom is -0.481 e. The standard InChI is InChI=1S/C39H59N5O11/c1-5-24(4)34(44-37(52)28(20-23(2)3)41-35(50)27(16-18-32(46)47)40-31(45)17-19-33(48)49)38(53)42-29(21-25-12-8-6-9-13-25)36(51)43-30(39(54)55)22-26-14-10-7-11-15-26/h7,10-11,14-15,23-25,27-30,34H,5-6,8-9,12-13,16-22H2,1-4H3,(H,40,45)(H,41,50)(H,42,53)(H,43,51)(H,44,52)(H,46,47)(H,48,49)(H,54,55)/t24-,27+,28-,29-,30-,34-/m0/s1. The van der Waals surface area contributed by atoms with Gasteiger partial charge in [-0.3, -0.25) is 33.6 Å². The van der Waals surface area contributed by atoms with Crippen LogP contribution in [0.25, 0.3) is 0 Å². The zero-order valence-corrected chi connectivity index (χ0v) is 32.3. The van der Waals surface area contributed by atoms with Crippen molar-refractivity contribution >= 4 is 47.4 Å². The maximum Gasteiger partial charge on any atom is 0.326 e. The van der Waals surface area contributed by atoms with E-state index in [0.717, 1.165) is 32.1 Å². The summed E-state index contributed by atoms with van der Waals surface area (Å²) in [5, 5.41) is 41.2. The summed E-state index contributed by atoms with van der Waals surface area (Å²) in [5.74, 6) is -7.85. The molecule has 6 atom stereocenters. The average Bonchev–Trinajstić information content (AvgIpc) is 3.13. The van der Waals surface area contributed by atoms with E-state index in [1.165, 1.54) is 0 Å². The van der Waals surface area contributed by atoms with Crippen LogP contribution >= 0.6 is 0 Å². The first kappa shape index (κ1) is 46.1. The van der Waals surface area contributed by atoms with E-state index in [9.17, 15) is 48.6 Å². The number of aliphatic carboxylic acids is 3. The summed E-state index contributed by atoms with van der Waals surface area (Å²) in [6.07, 6.45) is 3.78. The lowest BCUT2D eigenvalue weighted by molar-refractivity contribution is -0.142. The molecule has 0 saturated heterocycles. The van der Waals surface area contributed by atoms with Crippen LogP contribution in [-0.4, -0.2) is 93.0 Å². The topological polar surface area (TPSA) is 257 Å². The second kappa shape index (κ2) is 23.7. The average molecular weight is 774 g/mol. The Morgan fingerprint density at radius 3 is 1.78 bits per heavy atom. The number of hydrogen-bond acceptors (Lipinski definition) is 8. The van der Waals surface area contributed by atoms with Gasteiger partial charge in [0, 0.05) is 19.3 Å². The highest BCUT2D eigenvalue weighted by molar-refractivity contribution is 5.96. The van der Waals surface area contributed by atoms with Gasteiger partial charge in [0.15, 0.2) is 0 Å². The monoisotopic (exact) mass is 773 g/mol. The van der Waals surface area contributed by atoms with Crippen molar-refractivity contribution in [1.29, 1.82) is 0 Å². The summed E-state index contributed by atoms with van der Waals surface area (Å²) in [6, 6.07) is 2.73. The molecule has 306 valence electrons. The zero-order chi connectivity index (χ0) is 41.1. The first-order valence-corrected chi connectivity index (χ1v) is 19.2. The number of carbonyl (C=O) groups excluding carboxylic acids is 5. The minimum atomic E-state index is -1.39. The summed E-state index contributed by atoms with van der Waals surface area (Å²) in [4.78, 5) is 102. The number of carboxylic acid groups (broad SMARTS) is 3. The molecule has 16 heteroatoms. The van der Waals surface area contributed by atoms with E-state index in [4.69, 9.17) is 5.11 Å². The van der Waals surface area contributed by atoms with Gasteiger partial charge in [-0.25, -0.2) is 4.79 Å². The van der Waals surface area contributed by atoms with Crippen molar-refractivity contribution in [2.24, 2.45) is 17.8 Å². The Balaban J connectivity index is 2.31. The lowest BCUT2D eigenvalue weighted by atomic mass is 9.84. The van der Waals surface area contributed by atoms with E-state index >= 15 is 0 Å². The first-order valence-electron chi connectivity index (χ1n) is 19.2. The van der Waals surface area contributed by atoms with Crippen molar-refractivity contribution in [3.8, 4) is 0 Å². The SMILES string of the molecule is CC[C@H](C)[C@H](NC(=O)[C@H](CC(C)C)NC(=O)[C@@H](CCC(=O)O)NC(=O)CCC(=O)O)C(=O)N[C@@H](CC1CCCCC1)C(=O)N[C@@H](Cc1ccccc1)C(=O)O. The second-order valence-electron chi connectivity index (χ2n) is 14.9. The third-order valence-electron chi connectivity index (χ3n) is 9.82. The van der Waals surface area contributed by atoms with Gasteiger partial charge in [0.05, 0.1) is 6.42 Å². The van der Waals surface area contributed by atoms with E-state index in [0.29, 0.717) is 12.0 Å². The lowest BCUT2D eigenvalue weighted by Crippen LogP contribution is -2.60. The molecule has 0 spiro atoms. The molecule has 1 aromatic rings. The minimum absolute atomic E-state index is 0.0314. The molecule has 0 heterocycles. The maximum atomic E-state index is 14.0. The third-order valence-corrected chi connectivity index (χ3v) is 9.82. The van der Waals surface area contributed by atoms with E-state index < -0.39 is 103 Å². The van der Waals surface area contributed by atoms with Crippen LogP contribution in [-0.2, 0) is 44.8 Å². The Hall–Kier alpha value is -5.02. The second-order valence-corrected chi connectivity index (χ2v) is 14.9. The molecule has 1 aliphatic rings. The Kier molecular flexibility index (Phi) is 19.9. The van der Waals surface area contributed by atoms with Crippen LogP contribution in [0.2, 0.25) is 0 Å². The van der Waals surface area contributed by atoms with Crippen molar-refractivity contribution in [1.82, 2.24) is 26.6 Å². The van der Waals surface area contributed by atoms with Gasteiger partial charge in [0.2, 0.25) is 29.5 Å². The Bertz CT molecular complexity index is 1460. The molecule has 2 rings (SSSR count). The summed E-state index contributed by atoms with van der Waals surface area (Å²) < 4.78 is 0. The third kappa shape index (κ3) is 17.3. The molecule has 1 saturated carbocycles. The lowest BCUT2D eigenvalue weighted by Gasteiger charge is -2.31. The predicted octanol–water partition coefficient (Wildman–Crippen LogP) is 2.53. The molecular weight excluding hydrogens is 714 g/mol. The fraction of sp³-hybridized carbons (Fsp3) is 0.641. The van der Waals surface area contributed by atoms with Crippen molar-refractivity contribution in [2.45, 2.75) is 141 Å². The number of hydrogen-bond donors (Lipinski definition) is 8. The van der Waals surface area contributed by atoms with Crippen molar-refractivity contribution in [3.63, 3.8) is 0 Å². The first-order chi connectivity index (χ1) is 26.0. The van der Waals surface area contributed by atoms with Gasteiger partial charge in [-0.1, -0.05) is 96.6 Å². The molecule has 0 unspecified atom stereocenters. The van der Waals surface area contributed by atoms with E-state index in [2.05, 4.69) is 26.6 Å². The number of amides is 5. The van der Waals surface area contributed by atoms with Crippen molar-refractivity contribution in [2.75, 3.05) is 0 Å². The predicted molar refractivity (Wildman–Crippen MR) is 201 cm³/mol. The highest BCUT2D eigenvalue weighted by atomic mass is 16.4. The quantitative estimate of drug-likeness (QED) is 0.0757. The molecule has 0 radical (unpaired) electrons. The van der Waals surface area contributed by atoms with Crippen LogP contribution in [0.5, 0.6) is 0 Å². The molecule has 0 aromatic heterocycles. The van der Waals surface area contributed by atoms with Gasteiger partial charge in [0.25, 0.3) is 0 Å². The fourth-order valence-corrected chi connectivity index (χ4v) is 6.53. The van der Waals surface area contributed by atoms with Crippen molar-refractivity contribution < 1.29 is 53.7 Å². The molecule has 1 fully saturated rings. The van der Waals surface area contributed by atoms with Gasteiger partial charge in [-0.2, -0.15) is 0 Å². The molecule has 8 N–H and O–H groups in total. The Morgan fingerprint density at radius 2 is 1.22 bits per heavy atom. The molecular formula is C39H59N5O11. The normalized spacial score (nSPS) is 16.3. The van der Waals surface area contributed by atoms with Gasteiger partial charge < -0.3 is 41.9 Å². The molecule has 55 heavy (non-hydrogen) atoms. The number of carbonyl (C=O) groups is 8. The number of benzene rings is 1. The number of carboxylic acids is 3. The van der Waals surface area contributed by atoms with Crippen LogP contribution < -0.4 is 26.6 Å². The van der Waals surface area contributed by atoms with E-state index in [1.807, 2.05) is 6.92 Å². The number of nitrogens with one attached hydrogen (secondary N) is 5. The van der Waals surface area contributed by atoms with Gasteiger partial charge in [-0.15, -0.1) is 0 Å². The van der Waals surface area contributed by atoms with Crippen LogP contribution in [0.15, 0.2) is 30.3 Å². The van der Waals surface area contributed by atoms with Crippen LogP contribution in [0, 0.1) is 17.8 Å². The summed E-state index contributed by atoms with van der Waals surface area (Å²) >= 11 is 0. The molecule has 16 nitrogen and oxygen atoms in total. The molecule has 0 aliphatic heterocycles. The molecule has 1 aliphatic carbocycles. The molecule has 0 bridgehead atoms. The van der Waals surface area contributed by atoms with Crippen LogP contribution in [0.4, 0.5) is 0 Å². The van der Waals surface area contributed by atoms with Crippen LogP contribution in [0.1, 0.15) is 110 Å². The zero-order valence-electron chi connectivity index (χ0n) is 32.3. The highest BCUT2D eigenvalue weighted by Crippen LogP contribution is 2.27. The maximum absolute atomic E-state index is 14.0. The largest absolute Gasteiger partial charge is 0.481 e. The van der Waals surface area contributed by atoms with E-state index in [-0.39, 0.29) is 37.5 Å². The molecule has 1 aromatic carbocycles. The van der Waals surface area contributed by atoms with Gasteiger partial charge >= 0.3 is 17.9 Å².